The van der Waals surface area contributed by atoms with E-state index in [1.807, 2.05) is 11.3 Å². The van der Waals surface area contributed by atoms with Gasteiger partial charge in [0.2, 0.25) is 0 Å². The average Bonchev–Trinajstić information content (AvgIpc) is 3.51. The Kier molecular flexibility index (Phi) is 6.12. The van der Waals surface area contributed by atoms with Crippen molar-refractivity contribution in [3.63, 3.8) is 0 Å². The molecule has 0 fully saturated rings. The zero-order chi connectivity index (χ0) is 31.6. The molecule has 0 aliphatic rings. The highest BCUT2D eigenvalue weighted by Crippen LogP contribution is 2.48. The van der Waals surface area contributed by atoms with Gasteiger partial charge in [-0.3, -0.25) is 0 Å². The molecule has 0 saturated heterocycles. The van der Waals surface area contributed by atoms with Gasteiger partial charge in [0.1, 0.15) is 0 Å². The van der Waals surface area contributed by atoms with Crippen molar-refractivity contribution >= 4 is 91.7 Å². The monoisotopic (exact) mass is 627 g/mol. The Morgan fingerprint density at radius 2 is 1.00 bits per heavy atom. The van der Waals surface area contributed by atoms with Gasteiger partial charge in [0.25, 0.3) is 0 Å². The standard InChI is InChI=1S/C46H29NS/c1-2-12-30(13-3-1)36-17-10-11-21-42(36)47(35-24-25-39-41-26-32-15-4-5-16-33(32)28-44(41)48-45(39)29-35)43-27-34-23-22-31-14-6-7-18-37(31)46(34)40-20-9-8-19-38(40)43/h1-29H. The number of thiophene rings is 1. The van der Waals surface area contributed by atoms with Crippen LogP contribution >= 0.6 is 11.3 Å². The second kappa shape index (κ2) is 10.8. The summed E-state index contributed by atoms with van der Waals surface area (Å²) in [6.07, 6.45) is 0. The molecule has 10 rings (SSSR count). The van der Waals surface area contributed by atoms with E-state index in [9.17, 15) is 0 Å². The maximum atomic E-state index is 2.49. The molecule has 1 aromatic heterocycles. The molecule has 0 bridgehead atoms. The predicted molar refractivity (Wildman–Crippen MR) is 209 cm³/mol. The highest BCUT2D eigenvalue weighted by molar-refractivity contribution is 7.25. The van der Waals surface area contributed by atoms with Gasteiger partial charge in [0.15, 0.2) is 0 Å². The van der Waals surface area contributed by atoms with E-state index in [1.165, 1.54) is 80.1 Å². The SMILES string of the molecule is c1ccc(-c2ccccc2N(c2ccc3c(c2)sc2cc4ccccc4cc23)c2cc3ccc4ccccc4c3c3ccccc23)cc1. The number of nitrogens with zero attached hydrogens (tertiary/aromatic N) is 1. The first kappa shape index (κ1) is 27.2. The van der Waals surface area contributed by atoms with Crippen molar-refractivity contribution in [1.29, 1.82) is 0 Å². The van der Waals surface area contributed by atoms with E-state index in [4.69, 9.17) is 0 Å². The van der Waals surface area contributed by atoms with Gasteiger partial charge in [-0.15, -0.1) is 11.3 Å². The van der Waals surface area contributed by atoms with Crippen molar-refractivity contribution in [3.05, 3.63) is 176 Å². The minimum atomic E-state index is 1.15. The lowest BCUT2D eigenvalue weighted by Gasteiger charge is -2.30. The van der Waals surface area contributed by atoms with Crippen molar-refractivity contribution in [2.75, 3.05) is 4.90 Å². The molecule has 0 N–H and O–H groups in total. The van der Waals surface area contributed by atoms with Crippen LogP contribution < -0.4 is 4.90 Å². The van der Waals surface area contributed by atoms with Gasteiger partial charge < -0.3 is 4.90 Å². The van der Waals surface area contributed by atoms with Crippen LogP contribution in [0.25, 0.3) is 74.4 Å². The van der Waals surface area contributed by atoms with Gasteiger partial charge in [0.05, 0.1) is 11.4 Å². The molecular formula is C46H29NS. The lowest BCUT2D eigenvalue weighted by molar-refractivity contribution is 1.31. The van der Waals surface area contributed by atoms with Crippen LogP contribution in [0.2, 0.25) is 0 Å². The summed E-state index contributed by atoms with van der Waals surface area (Å²) in [5.74, 6) is 0. The summed E-state index contributed by atoms with van der Waals surface area (Å²) >= 11 is 1.88. The number of hydrogen-bond acceptors (Lipinski definition) is 2. The molecule has 0 unspecified atom stereocenters. The predicted octanol–water partition coefficient (Wildman–Crippen LogP) is 13.8. The fourth-order valence-corrected chi connectivity index (χ4v) is 8.74. The molecule has 0 spiro atoms. The lowest BCUT2D eigenvalue weighted by Crippen LogP contribution is -2.12. The van der Waals surface area contributed by atoms with Crippen LogP contribution in [0.5, 0.6) is 0 Å². The van der Waals surface area contributed by atoms with Crippen molar-refractivity contribution < 1.29 is 0 Å². The molecule has 10 aromatic rings. The molecule has 1 heterocycles. The lowest BCUT2D eigenvalue weighted by atomic mass is 9.94. The highest BCUT2D eigenvalue weighted by atomic mass is 32.1. The van der Waals surface area contributed by atoms with Crippen molar-refractivity contribution in [1.82, 2.24) is 0 Å². The van der Waals surface area contributed by atoms with Gasteiger partial charge in [-0.25, -0.2) is 0 Å². The van der Waals surface area contributed by atoms with Crippen molar-refractivity contribution in [2.45, 2.75) is 0 Å². The van der Waals surface area contributed by atoms with Gasteiger partial charge in [-0.1, -0.05) is 140 Å². The normalized spacial score (nSPS) is 11.8. The Hall–Kier alpha value is -5.96. The Balaban J connectivity index is 1.29. The van der Waals surface area contributed by atoms with Crippen molar-refractivity contribution in [2.24, 2.45) is 0 Å². The summed E-state index contributed by atoms with van der Waals surface area (Å²) in [7, 11) is 0. The number of fused-ring (bicyclic) bond motifs is 9. The number of benzene rings is 9. The number of anilines is 3. The largest absolute Gasteiger partial charge is 0.309 e. The van der Waals surface area contributed by atoms with Crippen LogP contribution in [0.15, 0.2) is 176 Å². The second-order valence-electron chi connectivity index (χ2n) is 12.5. The fourth-order valence-electron chi connectivity index (χ4n) is 7.57. The molecule has 2 heteroatoms. The molecule has 0 radical (unpaired) electrons. The first-order valence-electron chi connectivity index (χ1n) is 16.4. The first-order chi connectivity index (χ1) is 23.8. The quantitative estimate of drug-likeness (QED) is 0.176. The van der Waals surface area contributed by atoms with Crippen LogP contribution in [0.3, 0.4) is 0 Å². The summed E-state index contributed by atoms with van der Waals surface area (Å²) in [4.78, 5) is 2.49. The van der Waals surface area contributed by atoms with Gasteiger partial charge >= 0.3 is 0 Å². The Labute approximate surface area is 282 Å². The minimum Gasteiger partial charge on any atom is -0.309 e. The van der Waals surface area contributed by atoms with Crippen LogP contribution in [0, 0.1) is 0 Å². The van der Waals surface area contributed by atoms with E-state index in [0.717, 1.165) is 11.4 Å². The van der Waals surface area contributed by atoms with E-state index >= 15 is 0 Å². The molecule has 1 nitrogen and oxygen atoms in total. The minimum absolute atomic E-state index is 1.15. The van der Waals surface area contributed by atoms with E-state index in [-0.39, 0.29) is 0 Å². The summed E-state index contributed by atoms with van der Waals surface area (Å²) in [5.41, 5.74) is 5.86. The maximum Gasteiger partial charge on any atom is 0.0546 e. The zero-order valence-electron chi connectivity index (χ0n) is 26.1. The van der Waals surface area contributed by atoms with Crippen LogP contribution in [-0.2, 0) is 0 Å². The summed E-state index contributed by atoms with van der Waals surface area (Å²) < 4.78 is 2.61. The van der Waals surface area contributed by atoms with Gasteiger partial charge in [-0.2, -0.15) is 0 Å². The smallest absolute Gasteiger partial charge is 0.0546 e. The number of hydrogen-bond donors (Lipinski definition) is 0. The van der Waals surface area contributed by atoms with E-state index < -0.39 is 0 Å². The Morgan fingerprint density at radius 1 is 0.354 bits per heavy atom. The Morgan fingerprint density at radius 3 is 1.85 bits per heavy atom. The molecule has 0 atom stereocenters. The van der Waals surface area contributed by atoms with Crippen LogP contribution in [-0.4, -0.2) is 0 Å². The van der Waals surface area contributed by atoms with E-state index in [2.05, 4.69) is 181 Å². The maximum absolute atomic E-state index is 2.49. The third kappa shape index (κ3) is 4.24. The molecule has 0 aliphatic heterocycles. The number of rotatable bonds is 4. The number of para-hydroxylation sites is 1. The molecule has 0 amide bonds. The van der Waals surface area contributed by atoms with Crippen LogP contribution in [0.1, 0.15) is 0 Å². The second-order valence-corrected chi connectivity index (χ2v) is 13.6. The zero-order valence-corrected chi connectivity index (χ0v) is 26.9. The third-order valence-electron chi connectivity index (χ3n) is 9.78. The molecule has 224 valence electrons. The topological polar surface area (TPSA) is 3.24 Å². The van der Waals surface area contributed by atoms with E-state index in [1.54, 1.807) is 0 Å². The molecule has 9 aromatic carbocycles. The fraction of sp³-hybridized carbons (Fsp3) is 0. The molecule has 48 heavy (non-hydrogen) atoms. The molecule has 0 saturated carbocycles. The van der Waals surface area contributed by atoms with Gasteiger partial charge in [-0.05, 0) is 79.7 Å². The van der Waals surface area contributed by atoms with Gasteiger partial charge in [0, 0.05) is 36.8 Å². The average molecular weight is 628 g/mol. The molecule has 0 aliphatic carbocycles. The van der Waals surface area contributed by atoms with E-state index in [0.29, 0.717) is 0 Å². The highest BCUT2D eigenvalue weighted by Gasteiger charge is 2.22. The third-order valence-corrected chi connectivity index (χ3v) is 10.9. The first-order valence-corrected chi connectivity index (χ1v) is 17.2. The van der Waals surface area contributed by atoms with Crippen LogP contribution in [0.4, 0.5) is 17.1 Å². The summed E-state index contributed by atoms with van der Waals surface area (Å²) in [5, 5.41) is 12.8. The summed E-state index contributed by atoms with van der Waals surface area (Å²) in [6.45, 7) is 0. The Bertz CT molecular complexity index is 2850. The summed E-state index contributed by atoms with van der Waals surface area (Å²) in [6, 6.07) is 64.6. The van der Waals surface area contributed by atoms with Crippen molar-refractivity contribution in [3.8, 4) is 11.1 Å². The molecular weight excluding hydrogens is 599 g/mol.